The number of carbonyl (C=O) groups is 1. The predicted molar refractivity (Wildman–Crippen MR) is 59.1 cm³/mol. The van der Waals surface area contributed by atoms with Crippen LogP contribution in [0.5, 0.6) is 5.75 Å². The molecular formula is C12H14FNO3. The van der Waals surface area contributed by atoms with Crippen LogP contribution in [0.1, 0.15) is 25.5 Å². The van der Waals surface area contributed by atoms with Crippen molar-refractivity contribution in [3.8, 4) is 5.75 Å². The van der Waals surface area contributed by atoms with Crippen molar-refractivity contribution >= 4 is 6.09 Å². The number of benzene rings is 1. The highest BCUT2D eigenvalue weighted by molar-refractivity contribution is 5.69. The molecular weight excluding hydrogens is 225 g/mol. The smallest absolute Gasteiger partial charge is 0.407 e. The molecule has 0 bridgehead atoms. The number of phenols is 1. The second-order valence-corrected chi connectivity index (χ2v) is 4.82. The van der Waals surface area contributed by atoms with Crippen LogP contribution >= 0.6 is 0 Å². The van der Waals surface area contributed by atoms with Crippen LogP contribution in [0.2, 0.25) is 0 Å². The number of aromatic hydroxyl groups is 1. The van der Waals surface area contributed by atoms with Gasteiger partial charge in [-0.15, -0.1) is 0 Å². The SMILES string of the molecule is CC1(C)COC(=O)N[C@H]1c1cccc(F)c1O. The van der Waals surface area contributed by atoms with E-state index in [9.17, 15) is 14.3 Å². The Morgan fingerprint density at radius 1 is 1.53 bits per heavy atom. The number of phenolic OH excluding ortho intramolecular Hbond substituents is 1. The summed E-state index contributed by atoms with van der Waals surface area (Å²) < 4.78 is 18.2. The molecule has 1 amide bonds. The van der Waals surface area contributed by atoms with Gasteiger partial charge in [0.15, 0.2) is 11.6 Å². The molecule has 5 heteroatoms. The van der Waals surface area contributed by atoms with E-state index in [2.05, 4.69) is 5.32 Å². The number of rotatable bonds is 1. The van der Waals surface area contributed by atoms with Crippen LogP contribution in [0.25, 0.3) is 0 Å². The van der Waals surface area contributed by atoms with E-state index in [4.69, 9.17) is 4.74 Å². The van der Waals surface area contributed by atoms with Gasteiger partial charge < -0.3 is 15.2 Å². The van der Waals surface area contributed by atoms with Gasteiger partial charge in [0.25, 0.3) is 0 Å². The fourth-order valence-corrected chi connectivity index (χ4v) is 1.95. The predicted octanol–water partition coefficient (Wildman–Crippen LogP) is 2.34. The summed E-state index contributed by atoms with van der Waals surface area (Å²) in [6.45, 7) is 3.97. The first-order valence-corrected chi connectivity index (χ1v) is 5.32. The third-order valence-corrected chi connectivity index (χ3v) is 2.95. The molecule has 1 atom stereocenters. The Bertz CT molecular complexity index is 459. The van der Waals surface area contributed by atoms with Gasteiger partial charge in [0.1, 0.15) is 6.61 Å². The first kappa shape index (κ1) is 11.7. The lowest BCUT2D eigenvalue weighted by molar-refractivity contribution is 0.0380. The van der Waals surface area contributed by atoms with Crippen molar-refractivity contribution in [2.24, 2.45) is 5.41 Å². The number of cyclic esters (lactones) is 1. The molecule has 1 aliphatic rings. The number of nitrogens with one attached hydrogen (secondary N) is 1. The summed E-state index contributed by atoms with van der Waals surface area (Å²) >= 11 is 0. The zero-order chi connectivity index (χ0) is 12.6. The lowest BCUT2D eigenvalue weighted by Crippen LogP contribution is -2.46. The van der Waals surface area contributed by atoms with E-state index in [0.717, 1.165) is 0 Å². The van der Waals surface area contributed by atoms with Gasteiger partial charge in [-0.1, -0.05) is 26.0 Å². The summed E-state index contributed by atoms with van der Waals surface area (Å²) in [5.74, 6) is -1.12. The van der Waals surface area contributed by atoms with E-state index in [1.54, 1.807) is 6.07 Å². The highest BCUT2D eigenvalue weighted by Crippen LogP contribution is 2.40. The van der Waals surface area contributed by atoms with Gasteiger partial charge in [-0.05, 0) is 6.07 Å². The molecule has 0 spiro atoms. The van der Waals surface area contributed by atoms with E-state index in [1.165, 1.54) is 12.1 Å². The van der Waals surface area contributed by atoms with Crippen molar-refractivity contribution in [1.82, 2.24) is 5.32 Å². The van der Waals surface area contributed by atoms with Crippen LogP contribution < -0.4 is 5.32 Å². The topological polar surface area (TPSA) is 58.6 Å². The maximum atomic E-state index is 13.3. The Morgan fingerprint density at radius 3 is 2.94 bits per heavy atom. The Balaban J connectivity index is 2.43. The van der Waals surface area contributed by atoms with Gasteiger partial charge in [-0.25, -0.2) is 9.18 Å². The Morgan fingerprint density at radius 2 is 2.24 bits per heavy atom. The maximum Gasteiger partial charge on any atom is 0.407 e. The van der Waals surface area contributed by atoms with Gasteiger partial charge >= 0.3 is 6.09 Å². The maximum absolute atomic E-state index is 13.3. The van der Waals surface area contributed by atoms with Crippen LogP contribution in [-0.4, -0.2) is 17.8 Å². The normalized spacial score (nSPS) is 22.8. The molecule has 2 N–H and O–H groups in total. The first-order valence-electron chi connectivity index (χ1n) is 5.32. The minimum absolute atomic E-state index is 0.222. The monoisotopic (exact) mass is 239 g/mol. The fourth-order valence-electron chi connectivity index (χ4n) is 1.95. The average molecular weight is 239 g/mol. The van der Waals surface area contributed by atoms with E-state index < -0.39 is 29.1 Å². The van der Waals surface area contributed by atoms with Gasteiger partial charge in [0.05, 0.1) is 6.04 Å². The molecule has 4 nitrogen and oxygen atoms in total. The van der Waals surface area contributed by atoms with Crippen LogP contribution in [0.4, 0.5) is 9.18 Å². The first-order chi connectivity index (χ1) is 7.92. The molecule has 1 aromatic carbocycles. The molecule has 1 fully saturated rings. The Kier molecular flexibility index (Phi) is 2.69. The summed E-state index contributed by atoms with van der Waals surface area (Å²) in [6, 6.07) is 3.80. The summed E-state index contributed by atoms with van der Waals surface area (Å²) in [5, 5.41) is 12.3. The van der Waals surface area contributed by atoms with E-state index in [0.29, 0.717) is 5.56 Å². The number of alkyl carbamates (subject to hydrolysis) is 1. The van der Waals surface area contributed by atoms with Crippen LogP contribution in [0, 0.1) is 11.2 Å². The molecule has 0 aromatic heterocycles. The summed E-state index contributed by atoms with van der Waals surface area (Å²) in [4.78, 5) is 11.2. The third kappa shape index (κ3) is 2.05. The Hall–Kier alpha value is -1.78. The molecule has 0 unspecified atom stereocenters. The van der Waals surface area contributed by atoms with Gasteiger partial charge in [0.2, 0.25) is 0 Å². The van der Waals surface area contributed by atoms with Crippen molar-refractivity contribution in [3.05, 3.63) is 29.6 Å². The van der Waals surface area contributed by atoms with Gasteiger partial charge in [-0.2, -0.15) is 0 Å². The molecule has 0 aliphatic carbocycles. The summed E-state index contributed by atoms with van der Waals surface area (Å²) in [6.07, 6.45) is -0.557. The number of amides is 1. The largest absolute Gasteiger partial charge is 0.505 e. The number of hydrogen-bond donors (Lipinski definition) is 2. The van der Waals surface area contributed by atoms with Crippen molar-refractivity contribution < 1.29 is 19.0 Å². The van der Waals surface area contributed by atoms with Crippen molar-refractivity contribution in [1.29, 1.82) is 0 Å². The van der Waals surface area contributed by atoms with Crippen molar-refractivity contribution in [2.45, 2.75) is 19.9 Å². The highest BCUT2D eigenvalue weighted by Gasteiger charge is 2.39. The molecule has 1 saturated heterocycles. The molecule has 0 saturated carbocycles. The molecule has 2 rings (SSSR count). The molecule has 1 aliphatic heterocycles. The lowest BCUT2D eigenvalue weighted by Gasteiger charge is -2.38. The quantitative estimate of drug-likeness (QED) is 0.790. The fraction of sp³-hybridized carbons (Fsp3) is 0.417. The van der Waals surface area contributed by atoms with Crippen LogP contribution in [-0.2, 0) is 4.74 Å². The zero-order valence-electron chi connectivity index (χ0n) is 9.66. The Labute approximate surface area is 98.4 Å². The number of para-hydroxylation sites is 1. The van der Waals surface area contributed by atoms with Crippen molar-refractivity contribution in [3.63, 3.8) is 0 Å². The third-order valence-electron chi connectivity index (χ3n) is 2.95. The van der Waals surface area contributed by atoms with Crippen molar-refractivity contribution in [2.75, 3.05) is 6.61 Å². The van der Waals surface area contributed by atoms with E-state index >= 15 is 0 Å². The molecule has 0 radical (unpaired) electrons. The molecule has 17 heavy (non-hydrogen) atoms. The number of hydrogen-bond acceptors (Lipinski definition) is 3. The molecule has 92 valence electrons. The number of halogens is 1. The van der Waals surface area contributed by atoms with E-state index in [1.807, 2.05) is 13.8 Å². The van der Waals surface area contributed by atoms with Gasteiger partial charge in [-0.3, -0.25) is 0 Å². The molecule has 1 aromatic rings. The summed E-state index contributed by atoms with van der Waals surface area (Å²) in [5.41, 5.74) is -0.0502. The number of carbonyl (C=O) groups excluding carboxylic acids is 1. The van der Waals surface area contributed by atoms with E-state index in [-0.39, 0.29) is 6.61 Å². The minimum Gasteiger partial charge on any atom is -0.505 e. The molecule has 1 heterocycles. The summed E-state index contributed by atoms with van der Waals surface area (Å²) in [7, 11) is 0. The zero-order valence-corrected chi connectivity index (χ0v) is 9.66. The second kappa shape index (κ2) is 3.91. The lowest BCUT2D eigenvalue weighted by atomic mass is 9.80. The van der Waals surface area contributed by atoms with Crippen LogP contribution in [0.3, 0.4) is 0 Å². The van der Waals surface area contributed by atoms with Crippen LogP contribution in [0.15, 0.2) is 18.2 Å². The minimum atomic E-state index is -0.695. The standard InChI is InChI=1S/C12H14FNO3/c1-12(2)6-17-11(16)14-10(12)7-4-3-5-8(13)9(7)15/h3-5,10,15H,6H2,1-2H3,(H,14,16)/t10-/m0/s1. The second-order valence-electron chi connectivity index (χ2n) is 4.82. The number of ether oxygens (including phenoxy) is 1. The highest BCUT2D eigenvalue weighted by atomic mass is 19.1. The average Bonchev–Trinajstić information content (AvgIpc) is 2.26. The van der Waals surface area contributed by atoms with Gasteiger partial charge in [0, 0.05) is 11.0 Å².